The van der Waals surface area contributed by atoms with Gasteiger partial charge in [-0.3, -0.25) is 14.5 Å². The first kappa shape index (κ1) is 19.9. The van der Waals surface area contributed by atoms with Crippen molar-refractivity contribution in [3.8, 4) is 0 Å². The number of nitrogens with one attached hydrogen (secondary N) is 2. The van der Waals surface area contributed by atoms with E-state index in [1.54, 1.807) is 4.90 Å². The Balaban J connectivity index is 1.76. The van der Waals surface area contributed by atoms with Gasteiger partial charge in [0.2, 0.25) is 5.91 Å². The fourth-order valence-corrected chi connectivity index (χ4v) is 3.54. The smallest absolute Gasteiger partial charge is 0.290 e. The molecule has 1 aromatic heterocycles. The number of carbonyl (C=O) groups is 2. The fraction of sp³-hybridized carbons (Fsp3) is 0.700. The van der Waals surface area contributed by atoms with E-state index in [0.717, 1.165) is 50.2 Å². The minimum absolute atomic E-state index is 0.0660. The summed E-state index contributed by atoms with van der Waals surface area (Å²) in [7, 11) is 0. The Morgan fingerprint density at radius 2 is 2.04 bits per heavy atom. The molecule has 1 aliphatic carbocycles. The zero-order chi connectivity index (χ0) is 19.4. The van der Waals surface area contributed by atoms with Gasteiger partial charge in [0.05, 0.1) is 0 Å². The van der Waals surface area contributed by atoms with Gasteiger partial charge in [-0.1, -0.05) is 20.8 Å². The van der Waals surface area contributed by atoms with Crippen LogP contribution in [0.5, 0.6) is 0 Å². The van der Waals surface area contributed by atoms with E-state index in [1.165, 1.54) is 0 Å². The maximum atomic E-state index is 13.1. The lowest BCUT2D eigenvalue weighted by Crippen LogP contribution is -2.59. The number of furan rings is 1. The number of nitrogens with zero attached hydrogens (tertiary/aromatic N) is 2. The first-order chi connectivity index (χ1) is 13.1. The predicted octanol–water partition coefficient (Wildman–Crippen LogP) is 1.38. The van der Waals surface area contributed by atoms with Crippen molar-refractivity contribution in [2.75, 3.05) is 32.7 Å². The Morgan fingerprint density at radius 1 is 1.30 bits per heavy atom. The van der Waals surface area contributed by atoms with E-state index in [-0.39, 0.29) is 17.9 Å². The molecule has 0 bridgehead atoms. The van der Waals surface area contributed by atoms with E-state index in [4.69, 9.17) is 4.42 Å². The van der Waals surface area contributed by atoms with Gasteiger partial charge in [-0.05, 0) is 32.0 Å². The van der Waals surface area contributed by atoms with E-state index in [1.807, 2.05) is 13.0 Å². The molecule has 7 heteroatoms. The van der Waals surface area contributed by atoms with Crippen molar-refractivity contribution in [2.45, 2.75) is 58.7 Å². The molecule has 2 amide bonds. The number of hydrogen-bond acceptors (Lipinski definition) is 5. The summed E-state index contributed by atoms with van der Waals surface area (Å²) >= 11 is 0. The molecule has 1 atom stereocenters. The molecule has 0 aromatic carbocycles. The molecule has 2 N–H and O–H groups in total. The van der Waals surface area contributed by atoms with Crippen molar-refractivity contribution in [2.24, 2.45) is 0 Å². The number of amides is 2. The van der Waals surface area contributed by atoms with E-state index < -0.39 is 6.04 Å². The van der Waals surface area contributed by atoms with Gasteiger partial charge in [-0.25, -0.2) is 0 Å². The van der Waals surface area contributed by atoms with E-state index in [0.29, 0.717) is 25.4 Å². The molecular formula is C20H32N4O3. The minimum atomic E-state index is -0.478. The second-order valence-corrected chi connectivity index (χ2v) is 7.38. The summed E-state index contributed by atoms with van der Waals surface area (Å²) in [5, 5.41) is 6.24. The third-order valence-corrected chi connectivity index (χ3v) is 5.45. The first-order valence-corrected chi connectivity index (χ1v) is 10.2. The largest absolute Gasteiger partial charge is 0.456 e. The molecule has 2 aliphatic rings. The van der Waals surface area contributed by atoms with Crippen molar-refractivity contribution in [3.05, 3.63) is 23.2 Å². The Morgan fingerprint density at radius 3 is 2.67 bits per heavy atom. The molecule has 1 saturated heterocycles. The van der Waals surface area contributed by atoms with Crippen LogP contribution in [0.3, 0.4) is 0 Å². The molecule has 2 fully saturated rings. The van der Waals surface area contributed by atoms with Crippen LogP contribution < -0.4 is 10.6 Å². The summed E-state index contributed by atoms with van der Waals surface area (Å²) in [5.41, 5.74) is 1.07. The number of aryl methyl sites for hydroxylation is 1. The molecule has 7 nitrogen and oxygen atoms in total. The fourth-order valence-electron chi connectivity index (χ4n) is 3.54. The van der Waals surface area contributed by atoms with E-state index >= 15 is 0 Å². The van der Waals surface area contributed by atoms with Crippen LogP contribution in [0.4, 0.5) is 0 Å². The normalized spacial score (nSPS) is 20.1. The topological polar surface area (TPSA) is 77.8 Å². The molecule has 150 valence electrons. The van der Waals surface area contributed by atoms with Crippen molar-refractivity contribution in [3.63, 3.8) is 0 Å². The molecule has 3 rings (SSSR count). The van der Waals surface area contributed by atoms with Crippen LogP contribution in [0.2, 0.25) is 0 Å². The van der Waals surface area contributed by atoms with Gasteiger partial charge in [-0.15, -0.1) is 0 Å². The molecule has 1 aromatic rings. The van der Waals surface area contributed by atoms with Crippen LogP contribution >= 0.6 is 0 Å². The lowest BCUT2D eigenvalue weighted by Gasteiger charge is -2.34. The summed E-state index contributed by atoms with van der Waals surface area (Å²) in [6.07, 6.45) is 2.82. The van der Waals surface area contributed by atoms with Crippen molar-refractivity contribution < 1.29 is 14.0 Å². The Bertz CT molecular complexity index is 664. The quantitative estimate of drug-likeness (QED) is 0.717. The van der Waals surface area contributed by atoms with Gasteiger partial charge in [0.1, 0.15) is 11.8 Å². The molecular weight excluding hydrogens is 344 g/mol. The highest BCUT2D eigenvalue weighted by Crippen LogP contribution is 2.22. The molecule has 27 heavy (non-hydrogen) atoms. The molecule has 1 unspecified atom stereocenters. The summed E-state index contributed by atoms with van der Waals surface area (Å²) in [5.74, 6) is 0.955. The van der Waals surface area contributed by atoms with Gasteiger partial charge in [0, 0.05) is 44.2 Å². The standard InChI is InChI=1S/C20H32N4O3/c1-4-17-14(13-23(5-2)6-3)11-18(27-17)20(26)24-10-9-21-12-16(24)19(25)22-15-7-8-15/h11,15-16,21H,4-10,12-13H2,1-3H3,(H,22,25). The Hall–Kier alpha value is -1.86. The highest BCUT2D eigenvalue weighted by Gasteiger charge is 2.36. The van der Waals surface area contributed by atoms with E-state index in [9.17, 15) is 9.59 Å². The summed E-state index contributed by atoms with van der Waals surface area (Å²) in [6.45, 7) is 10.7. The van der Waals surface area contributed by atoms with E-state index in [2.05, 4.69) is 29.4 Å². The minimum Gasteiger partial charge on any atom is -0.456 e. The van der Waals surface area contributed by atoms with Crippen LogP contribution in [0.1, 0.15) is 55.5 Å². The molecule has 2 heterocycles. The average Bonchev–Trinajstić information content (AvgIpc) is 3.42. The lowest BCUT2D eigenvalue weighted by molar-refractivity contribution is -0.126. The zero-order valence-corrected chi connectivity index (χ0v) is 16.7. The number of rotatable bonds is 8. The SMILES string of the molecule is CCc1oc(C(=O)N2CCNCC2C(=O)NC2CC2)cc1CN(CC)CC. The maximum Gasteiger partial charge on any atom is 0.290 e. The Labute approximate surface area is 161 Å². The van der Waals surface area contributed by atoms with Crippen LogP contribution in [0, 0.1) is 0 Å². The summed E-state index contributed by atoms with van der Waals surface area (Å²) in [6, 6.07) is 1.68. The van der Waals surface area contributed by atoms with Gasteiger partial charge in [0.25, 0.3) is 5.91 Å². The van der Waals surface area contributed by atoms with Crippen LogP contribution in [-0.4, -0.2) is 66.4 Å². The van der Waals surface area contributed by atoms with Crippen LogP contribution in [-0.2, 0) is 17.8 Å². The first-order valence-electron chi connectivity index (χ1n) is 10.2. The number of hydrogen-bond donors (Lipinski definition) is 2. The Kier molecular flexibility index (Phi) is 6.55. The third kappa shape index (κ3) is 4.71. The summed E-state index contributed by atoms with van der Waals surface area (Å²) in [4.78, 5) is 29.7. The molecule has 1 saturated carbocycles. The van der Waals surface area contributed by atoms with Crippen molar-refractivity contribution in [1.82, 2.24) is 20.4 Å². The average molecular weight is 377 g/mol. The van der Waals surface area contributed by atoms with Gasteiger partial charge >= 0.3 is 0 Å². The summed E-state index contributed by atoms with van der Waals surface area (Å²) < 4.78 is 5.92. The molecule has 0 radical (unpaired) electrons. The van der Waals surface area contributed by atoms with Gasteiger partial charge in [-0.2, -0.15) is 0 Å². The highest BCUT2D eigenvalue weighted by molar-refractivity contribution is 5.96. The van der Waals surface area contributed by atoms with Crippen molar-refractivity contribution >= 4 is 11.8 Å². The number of carbonyl (C=O) groups excluding carboxylic acids is 2. The third-order valence-electron chi connectivity index (χ3n) is 5.45. The van der Waals surface area contributed by atoms with Crippen molar-refractivity contribution in [1.29, 1.82) is 0 Å². The maximum absolute atomic E-state index is 13.1. The number of piperazine rings is 1. The molecule has 1 aliphatic heterocycles. The highest BCUT2D eigenvalue weighted by atomic mass is 16.4. The van der Waals surface area contributed by atoms with Gasteiger partial charge < -0.3 is 20.0 Å². The van der Waals surface area contributed by atoms with Crippen LogP contribution in [0.25, 0.3) is 0 Å². The zero-order valence-electron chi connectivity index (χ0n) is 16.7. The second kappa shape index (κ2) is 8.89. The lowest BCUT2D eigenvalue weighted by atomic mass is 10.1. The van der Waals surface area contributed by atoms with Crippen LogP contribution in [0.15, 0.2) is 10.5 Å². The monoisotopic (exact) mass is 376 g/mol. The van der Waals surface area contributed by atoms with Gasteiger partial charge in [0.15, 0.2) is 5.76 Å². The predicted molar refractivity (Wildman–Crippen MR) is 104 cm³/mol. The molecule has 0 spiro atoms. The second-order valence-electron chi connectivity index (χ2n) is 7.38.